The Labute approximate surface area is 137 Å². The number of nitrogens with zero attached hydrogens (tertiary/aromatic N) is 1. The molecule has 0 bridgehead atoms. The molecule has 9 heteroatoms. The average molecular weight is 422 g/mol. The van der Waals surface area contributed by atoms with E-state index in [-0.39, 0.29) is 11.3 Å². The number of hydrogen-bond donors (Lipinski definition) is 2. The second kappa shape index (κ2) is 6.18. The zero-order valence-electron chi connectivity index (χ0n) is 10.7. The molecule has 1 aliphatic heterocycles. The maximum Gasteiger partial charge on any atom is 0.330 e. The first-order valence-corrected chi connectivity index (χ1v) is 8.17. The fraction of sp³-hybridized carbons (Fsp3) is 0.333. The van der Waals surface area contributed by atoms with E-state index in [1.165, 1.54) is 23.9 Å². The average Bonchev–Trinajstić information content (AvgIpc) is 2.88. The van der Waals surface area contributed by atoms with Crippen LogP contribution in [0.15, 0.2) is 18.2 Å². The van der Waals surface area contributed by atoms with Gasteiger partial charge < -0.3 is 10.4 Å². The van der Waals surface area contributed by atoms with Crippen LogP contribution in [0.1, 0.15) is 16.8 Å². The number of halogens is 1. The molecule has 1 aromatic rings. The molecule has 1 amide bonds. The summed E-state index contributed by atoms with van der Waals surface area (Å²) in [5.74, 6) is -0.743. The van der Waals surface area contributed by atoms with Crippen molar-refractivity contribution in [3.63, 3.8) is 0 Å². The van der Waals surface area contributed by atoms with Gasteiger partial charge in [0.2, 0.25) is 0 Å². The number of thioether (sulfide) groups is 1. The van der Waals surface area contributed by atoms with E-state index in [0.29, 0.717) is 21.5 Å². The van der Waals surface area contributed by atoms with Gasteiger partial charge in [-0.25, -0.2) is 4.79 Å². The maximum absolute atomic E-state index is 12.3. The third-order valence-corrected chi connectivity index (χ3v) is 5.32. The van der Waals surface area contributed by atoms with Gasteiger partial charge in [0.15, 0.2) is 0 Å². The summed E-state index contributed by atoms with van der Waals surface area (Å²) < 4.78 is 0.530. The molecule has 1 fully saturated rings. The van der Waals surface area contributed by atoms with Crippen LogP contribution in [0, 0.1) is 13.7 Å². The molecule has 0 spiro atoms. The van der Waals surface area contributed by atoms with E-state index in [1.807, 2.05) is 22.6 Å². The molecule has 1 heterocycles. The van der Waals surface area contributed by atoms with Gasteiger partial charge in [0.1, 0.15) is 5.54 Å². The highest BCUT2D eigenvalue weighted by Gasteiger charge is 2.43. The smallest absolute Gasteiger partial charge is 0.330 e. The topological polar surface area (TPSA) is 110 Å². The second-order valence-corrected chi connectivity index (χ2v) is 6.83. The van der Waals surface area contributed by atoms with Crippen LogP contribution < -0.4 is 5.32 Å². The number of nitro benzene ring substituents is 1. The fourth-order valence-corrected chi connectivity index (χ4v) is 3.88. The number of hydrogen-bond acceptors (Lipinski definition) is 5. The maximum atomic E-state index is 12.3. The molecule has 1 aliphatic rings. The molecule has 1 aromatic carbocycles. The van der Waals surface area contributed by atoms with E-state index >= 15 is 0 Å². The van der Waals surface area contributed by atoms with Gasteiger partial charge in [0.05, 0.1) is 10.5 Å². The Bertz CT molecular complexity index is 616. The standard InChI is InChI=1S/C12H11IN2O5S/c13-9-2-1-7(15(19)20)5-8(9)10(16)14-12(11(17)18)3-4-21-6-12/h1-2,5H,3-4,6H2,(H,14,16)(H,17,18). The summed E-state index contributed by atoms with van der Waals surface area (Å²) in [4.78, 5) is 33.9. The first-order valence-electron chi connectivity index (χ1n) is 5.93. The lowest BCUT2D eigenvalue weighted by Gasteiger charge is -2.24. The SMILES string of the molecule is O=C(NC1(C(=O)O)CCSC1)c1cc([N+](=O)[O-])ccc1I. The first-order chi connectivity index (χ1) is 9.85. The number of non-ortho nitro benzene ring substituents is 1. The van der Waals surface area contributed by atoms with Crippen molar-refractivity contribution in [1.82, 2.24) is 5.32 Å². The van der Waals surface area contributed by atoms with Gasteiger partial charge in [-0.2, -0.15) is 11.8 Å². The molecule has 1 atom stereocenters. The normalized spacial score (nSPS) is 21.0. The number of carboxylic acids is 1. The number of rotatable bonds is 4. The number of carbonyl (C=O) groups excluding carboxylic acids is 1. The Balaban J connectivity index is 2.30. The lowest BCUT2D eigenvalue weighted by atomic mass is 9.98. The lowest BCUT2D eigenvalue weighted by Crippen LogP contribution is -2.54. The molecule has 0 aliphatic carbocycles. The Morgan fingerprint density at radius 3 is 2.71 bits per heavy atom. The summed E-state index contributed by atoms with van der Waals surface area (Å²) >= 11 is 3.34. The summed E-state index contributed by atoms with van der Waals surface area (Å²) in [5.41, 5.74) is -1.39. The molecular formula is C12H11IN2O5S. The molecule has 0 radical (unpaired) electrons. The van der Waals surface area contributed by atoms with E-state index in [0.717, 1.165) is 6.07 Å². The molecule has 7 nitrogen and oxygen atoms in total. The van der Waals surface area contributed by atoms with Crippen molar-refractivity contribution in [3.8, 4) is 0 Å². The highest BCUT2D eigenvalue weighted by Crippen LogP contribution is 2.29. The summed E-state index contributed by atoms with van der Waals surface area (Å²) in [6.07, 6.45) is 0.338. The van der Waals surface area contributed by atoms with Crippen LogP contribution >= 0.6 is 34.4 Å². The van der Waals surface area contributed by atoms with E-state index < -0.39 is 22.3 Å². The first kappa shape index (κ1) is 16.0. The quantitative estimate of drug-likeness (QED) is 0.436. The largest absolute Gasteiger partial charge is 0.479 e. The number of nitro groups is 1. The summed E-state index contributed by atoms with van der Waals surface area (Å²) in [7, 11) is 0. The van der Waals surface area contributed by atoms with Crippen LogP contribution in [0.3, 0.4) is 0 Å². The van der Waals surface area contributed by atoms with Crippen molar-refractivity contribution in [2.75, 3.05) is 11.5 Å². The van der Waals surface area contributed by atoms with E-state index in [9.17, 15) is 24.8 Å². The minimum atomic E-state index is -1.30. The molecule has 21 heavy (non-hydrogen) atoms. The van der Waals surface area contributed by atoms with Crippen LogP contribution in [-0.4, -0.2) is 39.0 Å². The van der Waals surface area contributed by atoms with Crippen LogP contribution in [0.25, 0.3) is 0 Å². The van der Waals surface area contributed by atoms with Crippen molar-refractivity contribution >= 4 is 51.9 Å². The zero-order chi connectivity index (χ0) is 15.6. The Morgan fingerprint density at radius 2 is 2.19 bits per heavy atom. The molecular weight excluding hydrogens is 411 g/mol. The molecule has 1 saturated heterocycles. The lowest BCUT2D eigenvalue weighted by molar-refractivity contribution is -0.384. The molecule has 0 aromatic heterocycles. The third-order valence-electron chi connectivity index (χ3n) is 3.19. The van der Waals surface area contributed by atoms with E-state index in [1.54, 1.807) is 0 Å². The molecule has 0 saturated carbocycles. The number of amides is 1. The fourth-order valence-electron chi connectivity index (χ4n) is 1.97. The minimum absolute atomic E-state index is 0.113. The number of carbonyl (C=O) groups is 2. The summed E-state index contributed by atoms with van der Waals surface area (Å²) in [6.45, 7) is 0. The number of nitrogens with one attached hydrogen (secondary N) is 1. The van der Waals surface area contributed by atoms with E-state index in [4.69, 9.17) is 0 Å². The Hall–Kier alpha value is -1.36. The molecule has 112 valence electrons. The predicted octanol–water partition coefficient (Wildman–Crippen LogP) is 1.89. The van der Waals surface area contributed by atoms with Crippen LogP contribution in [-0.2, 0) is 4.79 Å². The van der Waals surface area contributed by atoms with Crippen molar-refractivity contribution in [3.05, 3.63) is 37.4 Å². The van der Waals surface area contributed by atoms with Gasteiger partial charge >= 0.3 is 5.97 Å². The monoisotopic (exact) mass is 422 g/mol. The molecule has 1 unspecified atom stereocenters. The Kier molecular flexibility index (Phi) is 4.71. The summed E-state index contributed by atoms with van der Waals surface area (Å²) in [6, 6.07) is 3.93. The number of carboxylic acid groups (broad SMARTS) is 1. The van der Waals surface area contributed by atoms with E-state index in [2.05, 4.69) is 5.32 Å². The van der Waals surface area contributed by atoms with Gasteiger partial charge in [0.25, 0.3) is 11.6 Å². The van der Waals surface area contributed by atoms with Gasteiger partial charge in [-0.15, -0.1) is 0 Å². The Morgan fingerprint density at radius 1 is 1.48 bits per heavy atom. The van der Waals surface area contributed by atoms with Crippen LogP contribution in [0.5, 0.6) is 0 Å². The van der Waals surface area contributed by atoms with Gasteiger partial charge in [0, 0.05) is 21.5 Å². The second-order valence-electron chi connectivity index (χ2n) is 4.57. The van der Waals surface area contributed by atoms with Crippen molar-refractivity contribution < 1.29 is 19.6 Å². The molecule has 2 N–H and O–H groups in total. The summed E-state index contributed by atoms with van der Waals surface area (Å²) in [5, 5.41) is 22.6. The number of aliphatic carboxylic acids is 1. The highest BCUT2D eigenvalue weighted by molar-refractivity contribution is 14.1. The van der Waals surface area contributed by atoms with Crippen molar-refractivity contribution in [2.45, 2.75) is 12.0 Å². The predicted molar refractivity (Wildman–Crippen MR) is 85.6 cm³/mol. The molecule has 2 rings (SSSR count). The van der Waals surface area contributed by atoms with Crippen molar-refractivity contribution in [2.24, 2.45) is 0 Å². The van der Waals surface area contributed by atoms with Gasteiger partial charge in [-0.3, -0.25) is 14.9 Å². The minimum Gasteiger partial charge on any atom is -0.479 e. The number of benzene rings is 1. The third kappa shape index (κ3) is 3.28. The van der Waals surface area contributed by atoms with Crippen molar-refractivity contribution in [1.29, 1.82) is 0 Å². The van der Waals surface area contributed by atoms with Gasteiger partial charge in [-0.05, 0) is 40.8 Å². The van der Waals surface area contributed by atoms with Crippen LogP contribution in [0.2, 0.25) is 0 Å². The van der Waals surface area contributed by atoms with Gasteiger partial charge in [-0.1, -0.05) is 0 Å². The van der Waals surface area contributed by atoms with Crippen LogP contribution in [0.4, 0.5) is 5.69 Å². The zero-order valence-corrected chi connectivity index (χ0v) is 13.6. The highest BCUT2D eigenvalue weighted by atomic mass is 127.